The summed E-state index contributed by atoms with van der Waals surface area (Å²) in [6.45, 7) is 0.490. The second-order valence-corrected chi connectivity index (χ2v) is 5.39. The van der Waals surface area contributed by atoms with Crippen molar-refractivity contribution in [2.24, 2.45) is 7.05 Å². The highest BCUT2D eigenvalue weighted by Crippen LogP contribution is 2.19. The van der Waals surface area contributed by atoms with E-state index in [0.29, 0.717) is 17.9 Å². The van der Waals surface area contributed by atoms with Crippen molar-refractivity contribution >= 4 is 39.0 Å². The average Bonchev–Trinajstić information content (AvgIpc) is 2.84. The summed E-state index contributed by atoms with van der Waals surface area (Å²) in [5.74, 6) is 0.162. The Morgan fingerprint density at radius 3 is 3.00 bits per heavy atom. The number of carbonyl (C=O) groups is 1. The van der Waals surface area contributed by atoms with E-state index in [0.717, 1.165) is 9.35 Å². The summed E-state index contributed by atoms with van der Waals surface area (Å²) >= 11 is 4.95. The van der Waals surface area contributed by atoms with Crippen LogP contribution in [0.25, 0.3) is 0 Å². The Morgan fingerprint density at radius 1 is 1.71 bits per heavy atom. The number of anilines is 1. The van der Waals surface area contributed by atoms with Crippen LogP contribution in [0, 0.1) is 0 Å². The third kappa shape index (κ3) is 2.67. The molecule has 0 aliphatic heterocycles. The van der Waals surface area contributed by atoms with Crippen LogP contribution in [0.4, 0.5) is 5.82 Å². The van der Waals surface area contributed by atoms with E-state index in [2.05, 4.69) is 26.3 Å². The molecule has 3 N–H and O–H groups in total. The number of amides is 1. The maximum atomic E-state index is 11.8. The van der Waals surface area contributed by atoms with Crippen molar-refractivity contribution in [1.29, 1.82) is 0 Å². The van der Waals surface area contributed by atoms with Gasteiger partial charge >= 0.3 is 0 Å². The van der Waals surface area contributed by atoms with E-state index in [-0.39, 0.29) is 5.91 Å². The highest BCUT2D eigenvalue weighted by molar-refractivity contribution is 9.10. The van der Waals surface area contributed by atoms with Crippen LogP contribution in [-0.2, 0) is 13.6 Å². The second kappa shape index (κ2) is 4.89. The predicted molar refractivity (Wildman–Crippen MR) is 70.8 cm³/mol. The van der Waals surface area contributed by atoms with Crippen LogP contribution < -0.4 is 11.1 Å². The summed E-state index contributed by atoms with van der Waals surface area (Å²) in [5.41, 5.74) is 6.12. The van der Waals surface area contributed by atoms with E-state index in [1.165, 1.54) is 10.9 Å². The molecule has 0 fully saturated rings. The van der Waals surface area contributed by atoms with Crippen LogP contribution in [0.1, 0.15) is 15.2 Å². The van der Waals surface area contributed by atoms with Crippen LogP contribution in [0.2, 0.25) is 0 Å². The zero-order valence-electron chi connectivity index (χ0n) is 9.11. The lowest BCUT2D eigenvalue weighted by Gasteiger charge is -2.02. The van der Waals surface area contributed by atoms with Gasteiger partial charge in [0.15, 0.2) is 0 Å². The van der Waals surface area contributed by atoms with Gasteiger partial charge in [-0.2, -0.15) is 5.10 Å². The molecule has 5 nitrogen and oxygen atoms in total. The quantitative estimate of drug-likeness (QED) is 0.906. The van der Waals surface area contributed by atoms with Gasteiger partial charge in [-0.25, -0.2) is 0 Å². The topological polar surface area (TPSA) is 72.9 Å². The largest absolute Gasteiger partial charge is 0.383 e. The monoisotopic (exact) mass is 314 g/mol. The number of hydrogen-bond donors (Lipinski definition) is 2. The number of rotatable bonds is 3. The van der Waals surface area contributed by atoms with Crippen molar-refractivity contribution in [3.05, 3.63) is 32.6 Å². The summed E-state index contributed by atoms with van der Waals surface area (Å²) in [6, 6.07) is 1.97. The number of aromatic nitrogens is 2. The van der Waals surface area contributed by atoms with Gasteiger partial charge in [-0.3, -0.25) is 9.48 Å². The Kier molecular flexibility index (Phi) is 3.49. The highest BCUT2D eigenvalue weighted by atomic mass is 79.9. The molecular weight excluding hydrogens is 304 g/mol. The fourth-order valence-corrected chi connectivity index (χ4v) is 2.72. The molecule has 0 bridgehead atoms. The summed E-state index contributed by atoms with van der Waals surface area (Å²) in [7, 11) is 1.70. The molecule has 0 atom stereocenters. The maximum absolute atomic E-state index is 11.8. The molecule has 0 aromatic carbocycles. The molecule has 2 aromatic heterocycles. The molecule has 90 valence electrons. The van der Waals surface area contributed by atoms with Crippen molar-refractivity contribution < 1.29 is 4.79 Å². The zero-order chi connectivity index (χ0) is 12.4. The normalized spacial score (nSPS) is 10.5. The van der Waals surface area contributed by atoms with E-state index in [4.69, 9.17) is 5.73 Å². The fraction of sp³-hybridized carbons (Fsp3) is 0.200. The summed E-state index contributed by atoms with van der Waals surface area (Å²) in [4.78, 5) is 12.9. The molecule has 7 heteroatoms. The maximum Gasteiger partial charge on any atom is 0.256 e. The van der Waals surface area contributed by atoms with Crippen LogP contribution in [-0.4, -0.2) is 15.7 Å². The Hall–Kier alpha value is -1.34. The minimum absolute atomic E-state index is 0.208. The van der Waals surface area contributed by atoms with E-state index in [1.54, 1.807) is 18.4 Å². The number of hydrogen-bond acceptors (Lipinski definition) is 4. The number of nitrogens with one attached hydrogen (secondary N) is 1. The number of carbonyl (C=O) groups excluding carboxylic acids is 1. The third-order valence-electron chi connectivity index (χ3n) is 2.27. The first kappa shape index (κ1) is 12.1. The van der Waals surface area contributed by atoms with E-state index in [1.807, 2.05) is 11.4 Å². The van der Waals surface area contributed by atoms with Gasteiger partial charge in [0.05, 0.1) is 12.7 Å². The van der Waals surface area contributed by atoms with E-state index in [9.17, 15) is 4.79 Å². The van der Waals surface area contributed by atoms with Gasteiger partial charge in [0.2, 0.25) is 0 Å². The third-order valence-corrected chi connectivity index (χ3v) is 3.97. The molecule has 0 unspecified atom stereocenters. The Bertz CT molecular complexity index is 548. The lowest BCUT2D eigenvalue weighted by Crippen LogP contribution is -2.23. The first-order valence-corrected chi connectivity index (χ1v) is 6.54. The van der Waals surface area contributed by atoms with Gasteiger partial charge < -0.3 is 11.1 Å². The van der Waals surface area contributed by atoms with E-state index < -0.39 is 0 Å². The summed E-state index contributed by atoms with van der Waals surface area (Å²) in [6.07, 6.45) is 1.47. The molecule has 2 aromatic rings. The van der Waals surface area contributed by atoms with Gasteiger partial charge in [-0.15, -0.1) is 11.3 Å². The van der Waals surface area contributed by atoms with Gasteiger partial charge in [0.25, 0.3) is 5.91 Å². The minimum Gasteiger partial charge on any atom is -0.383 e. The van der Waals surface area contributed by atoms with Gasteiger partial charge in [0, 0.05) is 21.8 Å². The highest BCUT2D eigenvalue weighted by Gasteiger charge is 2.13. The lowest BCUT2D eigenvalue weighted by molar-refractivity contribution is 0.0952. The van der Waals surface area contributed by atoms with Crippen LogP contribution in [0.5, 0.6) is 0 Å². The standard InChI is InChI=1S/C10H11BrN4OS/c1-15-9(12)8(4-14-15)10(16)13-3-7-2-6(11)5-17-7/h2,4-5H,3,12H2,1H3,(H,13,16). The number of aryl methyl sites for hydroxylation is 1. The lowest BCUT2D eigenvalue weighted by atomic mass is 10.3. The number of halogens is 1. The zero-order valence-corrected chi connectivity index (χ0v) is 11.5. The summed E-state index contributed by atoms with van der Waals surface area (Å²) in [5, 5.41) is 8.69. The van der Waals surface area contributed by atoms with Crippen LogP contribution >= 0.6 is 27.3 Å². The fourth-order valence-electron chi connectivity index (χ4n) is 1.33. The Labute approximate surface area is 111 Å². The number of thiophene rings is 1. The van der Waals surface area contributed by atoms with Gasteiger partial charge in [-0.1, -0.05) is 0 Å². The first-order valence-electron chi connectivity index (χ1n) is 4.86. The Morgan fingerprint density at radius 2 is 2.47 bits per heavy atom. The van der Waals surface area contributed by atoms with E-state index >= 15 is 0 Å². The molecule has 17 heavy (non-hydrogen) atoms. The molecule has 1 amide bonds. The van der Waals surface area contributed by atoms with Crippen molar-refractivity contribution in [2.45, 2.75) is 6.54 Å². The molecule has 2 heterocycles. The first-order chi connectivity index (χ1) is 8.08. The van der Waals surface area contributed by atoms with Crippen molar-refractivity contribution in [1.82, 2.24) is 15.1 Å². The second-order valence-electron chi connectivity index (χ2n) is 3.48. The SMILES string of the molecule is Cn1ncc(C(=O)NCc2cc(Br)cs2)c1N. The summed E-state index contributed by atoms with van der Waals surface area (Å²) < 4.78 is 2.49. The van der Waals surface area contributed by atoms with Crippen LogP contribution in [0.3, 0.4) is 0 Å². The molecule has 0 spiro atoms. The number of nitrogens with zero attached hydrogens (tertiary/aromatic N) is 2. The minimum atomic E-state index is -0.208. The molecule has 0 saturated carbocycles. The molecule has 2 rings (SSSR count). The smallest absolute Gasteiger partial charge is 0.256 e. The van der Waals surface area contributed by atoms with Crippen molar-refractivity contribution in [2.75, 3.05) is 5.73 Å². The molecular formula is C10H11BrN4OS. The Balaban J connectivity index is 2.00. The number of nitrogens with two attached hydrogens (primary N) is 1. The molecule has 0 saturated heterocycles. The van der Waals surface area contributed by atoms with Gasteiger partial charge in [0.1, 0.15) is 11.4 Å². The number of nitrogen functional groups attached to an aromatic ring is 1. The molecule has 0 radical (unpaired) electrons. The predicted octanol–water partition coefficient (Wildman–Crippen LogP) is 1.76. The van der Waals surface area contributed by atoms with Crippen LogP contribution in [0.15, 0.2) is 22.1 Å². The van der Waals surface area contributed by atoms with Crippen molar-refractivity contribution in [3.8, 4) is 0 Å². The van der Waals surface area contributed by atoms with Crippen molar-refractivity contribution in [3.63, 3.8) is 0 Å². The molecule has 0 aliphatic rings. The van der Waals surface area contributed by atoms with Gasteiger partial charge in [-0.05, 0) is 22.0 Å². The average molecular weight is 315 g/mol. The molecule has 0 aliphatic carbocycles.